The predicted molar refractivity (Wildman–Crippen MR) is 159 cm³/mol. The fourth-order valence-corrected chi connectivity index (χ4v) is 5.99. The third-order valence-electron chi connectivity index (χ3n) is 8.02. The summed E-state index contributed by atoms with van der Waals surface area (Å²) in [6, 6.07) is 13.3. The second kappa shape index (κ2) is 11.6. The van der Waals surface area contributed by atoms with Crippen LogP contribution in [0.1, 0.15) is 75.1 Å². The maximum Gasteiger partial charge on any atom is 0.329 e. The Balaban J connectivity index is 1.93. The Kier molecular flexibility index (Phi) is 8.43. The molecule has 2 aromatic carbocycles. The van der Waals surface area contributed by atoms with Crippen molar-refractivity contribution in [2.75, 3.05) is 19.1 Å². The van der Waals surface area contributed by atoms with Crippen LogP contribution in [-0.4, -0.2) is 37.8 Å². The summed E-state index contributed by atoms with van der Waals surface area (Å²) in [7, 11) is 3.21. The number of methoxy groups -OCH3 is 1. The Bertz CT molecular complexity index is 1340. The predicted octanol–water partition coefficient (Wildman–Crippen LogP) is 6.27. The third-order valence-corrected chi connectivity index (χ3v) is 8.02. The number of esters is 1. The molecule has 6 nitrogen and oxygen atoms in total. The molecule has 0 aromatic heterocycles. The molecule has 0 fully saturated rings. The molecule has 39 heavy (non-hydrogen) atoms. The quantitative estimate of drug-likeness (QED) is 0.324. The Morgan fingerprint density at radius 2 is 1.92 bits per heavy atom. The molecule has 2 aromatic rings. The van der Waals surface area contributed by atoms with E-state index in [-0.39, 0.29) is 5.91 Å². The number of hydrazone groups is 1. The first-order valence-corrected chi connectivity index (χ1v) is 13.9. The van der Waals surface area contributed by atoms with Gasteiger partial charge in [0.05, 0.1) is 18.2 Å². The van der Waals surface area contributed by atoms with Gasteiger partial charge in [-0.1, -0.05) is 56.3 Å². The molecule has 0 saturated carbocycles. The van der Waals surface area contributed by atoms with Gasteiger partial charge in [-0.2, -0.15) is 5.10 Å². The largest absolute Gasteiger partial charge is 0.467 e. The molecule has 1 heterocycles. The molecule has 0 saturated heterocycles. The number of anilines is 1. The number of nitrogens with zero attached hydrogens (tertiary/aromatic N) is 2. The molecular weight excluding hydrogens is 486 g/mol. The number of ether oxygens (including phenoxy) is 1. The Morgan fingerprint density at radius 1 is 1.21 bits per heavy atom. The van der Waals surface area contributed by atoms with Crippen LogP contribution < -0.4 is 10.3 Å². The molecule has 0 radical (unpaired) electrons. The lowest BCUT2D eigenvalue weighted by molar-refractivity contribution is -0.143. The first-order valence-electron chi connectivity index (χ1n) is 13.9. The standard InChI is InChI=1S/C33H41N3O3/c1-8-13-25-24(17-12-14-21(2)30(25)35-34-6)26-20-28-27(18-22(26)3)33(4,5)32(38)36(28)29(31(37)39-7)19-23-15-10-9-11-16-23/h9-11,15-16,18,20,29,34H,2,8,12-14,17,19H2,1,3-7H3/b35-30+/t29-/m0/s1. The minimum absolute atomic E-state index is 0.0881. The molecule has 4 rings (SSSR count). The molecule has 206 valence electrons. The summed E-state index contributed by atoms with van der Waals surface area (Å²) < 4.78 is 5.24. The van der Waals surface area contributed by atoms with Crippen LogP contribution in [0.4, 0.5) is 5.69 Å². The van der Waals surface area contributed by atoms with E-state index < -0.39 is 17.4 Å². The van der Waals surface area contributed by atoms with Crippen LogP contribution in [0.15, 0.2) is 65.3 Å². The minimum Gasteiger partial charge on any atom is -0.467 e. The van der Waals surface area contributed by atoms with Crippen molar-refractivity contribution in [2.24, 2.45) is 5.10 Å². The van der Waals surface area contributed by atoms with Gasteiger partial charge in [0, 0.05) is 19.2 Å². The van der Waals surface area contributed by atoms with E-state index in [0.29, 0.717) is 6.42 Å². The molecule has 0 unspecified atom stereocenters. The summed E-state index contributed by atoms with van der Waals surface area (Å²) >= 11 is 0. The van der Waals surface area contributed by atoms with Crippen molar-refractivity contribution >= 4 is 28.8 Å². The van der Waals surface area contributed by atoms with Crippen molar-refractivity contribution in [3.8, 4) is 0 Å². The van der Waals surface area contributed by atoms with E-state index in [0.717, 1.165) is 71.3 Å². The topological polar surface area (TPSA) is 71.0 Å². The number of hydrogen-bond donors (Lipinski definition) is 1. The van der Waals surface area contributed by atoms with E-state index in [2.05, 4.69) is 43.1 Å². The van der Waals surface area contributed by atoms with Crippen molar-refractivity contribution in [1.82, 2.24) is 5.43 Å². The van der Waals surface area contributed by atoms with Gasteiger partial charge in [-0.25, -0.2) is 4.79 Å². The van der Waals surface area contributed by atoms with Gasteiger partial charge < -0.3 is 10.2 Å². The van der Waals surface area contributed by atoms with E-state index >= 15 is 0 Å². The SMILES string of the molecule is C=C1CCCC(c2cc3c(cc2C)C(C)(C)C(=O)N3[C@@H](Cc2ccccc2)C(=O)OC)=C(CCC)/C1=N/NC. The lowest BCUT2D eigenvalue weighted by Crippen LogP contribution is -2.48. The molecule has 6 heteroatoms. The average molecular weight is 528 g/mol. The normalized spacial score (nSPS) is 18.7. The van der Waals surface area contributed by atoms with Crippen molar-refractivity contribution in [3.05, 3.63) is 82.4 Å². The van der Waals surface area contributed by atoms with Crippen LogP contribution >= 0.6 is 0 Å². The Labute approximate surface area is 232 Å². The molecule has 0 spiro atoms. The number of nitrogens with one attached hydrogen (secondary N) is 1. The first-order chi connectivity index (χ1) is 18.6. The molecule has 0 bridgehead atoms. The van der Waals surface area contributed by atoms with Gasteiger partial charge in [0.2, 0.25) is 5.91 Å². The van der Waals surface area contributed by atoms with Gasteiger partial charge in [0.15, 0.2) is 0 Å². The third kappa shape index (κ3) is 5.29. The molecular formula is C33H41N3O3. The number of allylic oxidation sites excluding steroid dienone is 3. The summed E-state index contributed by atoms with van der Waals surface area (Å²) in [6.07, 6.45) is 5.02. The number of rotatable bonds is 8. The number of hydrogen-bond acceptors (Lipinski definition) is 5. The van der Waals surface area contributed by atoms with Gasteiger partial charge >= 0.3 is 5.97 Å². The highest BCUT2D eigenvalue weighted by Gasteiger charge is 2.49. The smallest absolute Gasteiger partial charge is 0.329 e. The van der Waals surface area contributed by atoms with Gasteiger partial charge in [0.25, 0.3) is 0 Å². The second-order valence-electron chi connectivity index (χ2n) is 11.1. The highest BCUT2D eigenvalue weighted by atomic mass is 16.5. The fourth-order valence-electron chi connectivity index (χ4n) is 5.99. The average Bonchev–Trinajstić information content (AvgIpc) is 3.01. The zero-order chi connectivity index (χ0) is 28.3. The molecule has 2 aliphatic rings. The highest BCUT2D eigenvalue weighted by molar-refractivity contribution is 6.17. The van der Waals surface area contributed by atoms with E-state index in [4.69, 9.17) is 4.74 Å². The molecule has 1 aliphatic carbocycles. The lowest BCUT2D eigenvalue weighted by atomic mass is 9.82. The highest BCUT2D eigenvalue weighted by Crippen LogP contribution is 2.47. The van der Waals surface area contributed by atoms with Crippen molar-refractivity contribution in [1.29, 1.82) is 0 Å². The van der Waals surface area contributed by atoms with Crippen molar-refractivity contribution in [2.45, 2.75) is 77.7 Å². The van der Waals surface area contributed by atoms with Crippen LogP contribution in [-0.2, 0) is 26.2 Å². The lowest BCUT2D eigenvalue weighted by Gasteiger charge is -2.28. The number of amides is 1. The summed E-state index contributed by atoms with van der Waals surface area (Å²) in [5.41, 5.74) is 11.6. The van der Waals surface area contributed by atoms with Gasteiger partial charge in [0.1, 0.15) is 6.04 Å². The van der Waals surface area contributed by atoms with E-state index in [1.807, 2.05) is 51.2 Å². The van der Waals surface area contributed by atoms with Crippen molar-refractivity contribution in [3.63, 3.8) is 0 Å². The van der Waals surface area contributed by atoms with E-state index in [9.17, 15) is 9.59 Å². The monoisotopic (exact) mass is 527 g/mol. The van der Waals surface area contributed by atoms with Crippen LogP contribution in [0.5, 0.6) is 0 Å². The minimum atomic E-state index is -0.765. The molecule has 1 atom stereocenters. The Hall–Kier alpha value is -3.67. The van der Waals surface area contributed by atoms with Crippen molar-refractivity contribution < 1.29 is 14.3 Å². The maximum atomic E-state index is 14.0. The zero-order valence-electron chi connectivity index (χ0n) is 24.2. The summed E-state index contributed by atoms with van der Waals surface area (Å²) in [4.78, 5) is 28.9. The van der Waals surface area contributed by atoms with Crippen LogP contribution in [0.25, 0.3) is 5.57 Å². The number of aryl methyl sites for hydroxylation is 1. The van der Waals surface area contributed by atoms with E-state index in [1.165, 1.54) is 18.3 Å². The van der Waals surface area contributed by atoms with Gasteiger partial charge in [-0.3, -0.25) is 9.69 Å². The number of carbonyl (C=O) groups is 2. The van der Waals surface area contributed by atoms with Gasteiger partial charge in [-0.05, 0) is 91.5 Å². The van der Waals surface area contributed by atoms with E-state index in [1.54, 1.807) is 4.90 Å². The molecule has 1 amide bonds. The number of fused-ring (bicyclic) bond motifs is 1. The van der Waals surface area contributed by atoms with Gasteiger partial charge in [-0.15, -0.1) is 0 Å². The Morgan fingerprint density at radius 3 is 2.56 bits per heavy atom. The van der Waals surface area contributed by atoms with Crippen LogP contribution in [0.2, 0.25) is 0 Å². The summed E-state index contributed by atoms with van der Waals surface area (Å²) in [6.45, 7) is 12.5. The number of carbonyl (C=O) groups excluding carboxylic acids is 2. The molecule has 1 aliphatic heterocycles. The number of benzene rings is 2. The maximum absolute atomic E-state index is 14.0. The van der Waals surface area contributed by atoms with Crippen LogP contribution in [0, 0.1) is 6.92 Å². The molecule has 1 N–H and O–H groups in total. The zero-order valence-corrected chi connectivity index (χ0v) is 24.2. The summed E-state index contributed by atoms with van der Waals surface area (Å²) in [5, 5.41) is 4.65. The summed E-state index contributed by atoms with van der Waals surface area (Å²) in [5.74, 6) is -0.507. The fraction of sp³-hybridized carbons (Fsp3) is 0.424. The second-order valence-corrected chi connectivity index (χ2v) is 11.1. The van der Waals surface area contributed by atoms with Crippen LogP contribution in [0.3, 0.4) is 0 Å². The first kappa shape index (κ1) is 28.3.